The van der Waals surface area contributed by atoms with Crippen LogP contribution >= 0.6 is 11.3 Å². The van der Waals surface area contributed by atoms with E-state index in [9.17, 15) is 9.59 Å². The molecule has 2 N–H and O–H groups in total. The molecule has 0 aliphatic carbocycles. The van der Waals surface area contributed by atoms with Crippen LogP contribution in [0.3, 0.4) is 0 Å². The zero-order chi connectivity index (χ0) is 14.4. The van der Waals surface area contributed by atoms with E-state index in [0.29, 0.717) is 18.8 Å². The maximum atomic E-state index is 11.9. The molecule has 2 rings (SSSR count). The number of piperidine rings is 1. The Labute approximate surface area is 124 Å². The summed E-state index contributed by atoms with van der Waals surface area (Å²) in [4.78, 5) is 26.0. The van der Waals surface area contributed by atoms with Gasteiger partial charge in [-0.25, -0.2) is 0 Å². The van der Waals surface area contributed by atoms with Gasteiger partial charge in [0.15, 0.2) is 5.78 Å². The lowest BCUT2D eigenvalue weighted by molar-refractivity contribution is -0.119. The van der Waals surface area contributed by atoms with Crippen molar-refractivity contribution in [3.8, 4) is 0 Å². The Morgan fingerprint density at radius 3 is 2.70 bits per heavy atom. The van der Waals surface area contributed by atoms with Crippen LogP contribution in [0.2, 0.25) is 0 Å². The van der Waals surface area contributed by atoms with E-state index in [1.54, 1.807) is 0 Å². The molecule has 4 nitrogen and oxygen atoms in total. The zero-order valence-electron chi connectivity index (χ0n) is 11.7. The maximum Gasteiger partial charge on any atom is 0.217 e. The number of amides is 1. The highest BCUT2D eigenvalue weighted by Gasteiger charge is 2.20. The fourth-order valence-corrected chi connectivity index (χ4v) is 3.42. The van der Waals surface area contributed by atoms with Crippen molar-refractivity contribution in [2.24, 2.45) is 11.7 Å². The molecule has 20 heavy (non-hydrogen) atoms. The normalized spacial score (nSPS) is 17.2. The SMILES string of the molecule is NC(=O)CC1CCN(CCCC(=O)c2cccs2)CC1. The number of carbonyl (C=O) groups excluding carboxylic acids is 2. The third kappa shape index (κ3) is 4.72. The Morgan fingerprint density at radius 2 is 2.10 bits per heavy atom. The van der Waals surface area contributed by atoms with Gasteiger partial charge in [-0.05, 0) is 56.3 Å². The summed E-state index contributed by atoms with van der Waals surface area (Å²) in [5.41, 5.74) is 5.23. The van der Waals surface area contributed by atoms with E-state index in [1.165, 1.54) is 11.3 Å². The highest BCUT2D eigenvalue weighted by molar-refractivity contribution is 7.12. The molecule has 1 aliphatic rings. The van der Waals surface area contributed by atoms with Crippen molar-refractivity contribution in [3.05, 3.63) is 22.4 Å². The number of nitrogens with two attached hydrogens (primary N) is 1. The van der Waals surface area contributed by atoms with Gasteiger partial charge >= 0.3 is 0 Å². The minimum absolute atomic E-state index is 0.190. The summed E-state index contributed by atoms with van der Waals surface area (Å²) in [6.45, 7) is 3.01. The van der Waals surface area contributed by atoms with Gasteiger partial charge in [0.1, 0.15) is 0 Å². The van der Waals surface area contributed by atoms with Crippen molar-refractivity contribution in [1.82, 2.24) is 4.90 Å². The number of rotatable bonds is 7. The van der Waals surface area contributed by atoms with Crippen molar-refractivity contribution in [2.75, 3.05) is 19.6 Å². The van der Waals surface area contributed by atoms with Crippen molar-refractivity contribution in [2.45, 2.75) is 32.1 Å². The third-order valence-corrected chi connectivity index (χ3v) is 4.78. The molecule has 1 saturated heterocycles. The second-order valence-corrected chi connectivity index (χ2v) is 6.41. The molecule has 110 valence electrons. The van der Waals surface area contributed by atoms with E-state index in [2.05, 4.69) is 4.90 Å². The number of thiophene rings is 1. The molecule has 0 aromatic carbocycles. The van der Waals surface area contributed by atoms with Crippen LogP contribution in [0.4, 0.5) is 0 Å². The fraction of sp³-hybridized carbons (Fsp3) is 0.600. The van der Waals surface area contributed by atoms with E-state index >= 15 is 0 Å². The van der Waals surface area contributed by atoms with E-state index in [4.69, 9.17) is 5.73 Å². The van der Waals surface area contributed by atoms with Gasteiger partial charge in [-0.15, -0.1) is 11.3 Å². The van der Waals surface area contributed by atoms with Crippen LogP contribution < -0.4 is 5.73 Å². The van der Waals surface area contributed by atoms with Gasteiger partial charge in [-0.3, -0.25) is 9.59 Å². The second kappa shape index (κ2) is 7.55. The van der Waals surface area contributed by atoms with Crippen LogP contribution in [0.1, 0.15) is 41.8 Å². The smallest absolute Gasteiger partial charge is 0.217 e. The number of hydrogen-bond donors (Lipinski definition) is 1. The molecule has 1 aromatic rings. The first-order valence-electron chi connectivity index (χ1n) is 7.22. The molecule has 0 spiro atoms. The lowest BCUT2D eigenvalue weighted by Crippen LogP contribution is -2.35. The first-order valence-corrected chi connectivity index (χ1v) is 8.10. The summed E-state index contributed by atoms with van der Waals surface area (Å²) in [6, 6.07) is 3.81. The van der Waals surface area contributed by atoms with Crippen molar-refractivity contribution >= 4 is 23.0 Å². The van der Waals surface area contributed by atoms with Gasteiger partial charge in [-0.1, -0.05) is 6.07 Å². The number of carbonyl (C=O) groups is 2. The van der Waals surface area contributed by atoms with Gasteiger partial charge in [0.25, 0.3) is 0 Å². The summed E-state index contributed by atoms with van der Waals surface area (Å²) in [6.07, 6.45) is 4.15. The third-order valence-electron chi connectivity index (χ3n) is 3.87. The number of ketones is 1. The number of nitrogens with zero attached hydrogens (tertiary/aromatic N) is 1. The van der Waals surface area contributed by atoms with Crippen LogP contribution in [-0.4, -0.2) is 36.2 Å². The minimum atomic E-state index is -0.190. The van der Waals surface area contributed by atoms with Gasteiger partial charge in [0.05, 0.1) is 4.88 Å². The Balaban J connectivity index is 1.62. The van der Waals surface area contributed by atoms with Crippen LogP contribution in [0.15, 0.2) is 17.5 Å². The zero-order valence-corrected chi connectivity index (χ0v) is 12.5. The molecular formula is C15H22N2O2S. The van der Waals surface area contributed by atoms with Crippen LogP contribution in [0, 0.1) is 5.92 Å². The fourth-order valence-electron chi connectivity index (χ4n) is 2.72. The van der Waals surface area contributed by atoms with Crippen LogP contribution in [0.25, 0.3) is 0 Å². The molecule has 1 aliphatic heterocycles. The Bertz CT molecular complexity index is 437. The lowest BCUT2D eigenvalue weighted by Gasteiger charge is -2.31. The molecule has 0 bridgehead atoms. The molecule has 0 radical (unpaired) electrons. The second-order valence-electron chi connectivity index (χ2n) is 5.46. The topological polar surface area (TPSA) is 63.4 Å². The van der Waals surface area contributed by atoms with Gasteiger partial charge in [0, 0.05) is 12.8 Å². The average Bonchev–Trinajstić information content (AvgIpc) is 2.94. The summed E-state index contributed by atoms with van der Waals surface area (Å²) in [5.74, 6) is 0.519. The van der Waals surface area contributed by atoms with E-state index in [0.717, 1.165) is 43.8 Å². The van der Waals surface area contributed by atoms with Crippen LogP contribution in [-0.2, 0) is 4.79 Å². The van der Waals surface area contributed by atoms with Crippen LogP contribution in [0.5, 0.6) is 0 Å². The standard InChI is InChI=1S/C15H22N2O2S/c16-15(19)11-12-5-8-17(9-6-12)7-1-3-13(18)14-4-2-10-20-14/h2,4,10,12H,1,3,5-9,11H2,(H2,16,19). The number of Topliss-reactive ketones (excluding diaryl/α,β-unsaturated/α-hetero) is 1. The number of hydrogen-bond acceptors (Lipinski definition) is 4. The monoisotopic (exact) mass is 294 g/mol. The summed E-state index contributed by atoms with van der Waals surface area (Å²) in [7, 11) is 0. The maximum absolute atomic E-state index is 11.9. The summed E-state index contributed by atoms with van der Waals surface area (Å²) < 4.78 is 0. The first-order chi connectivity index (χ1) is 9.65. The van der Waals surface area contributed by atoms with Crippen molar-refractivity contribution in [1.29, 1.82) is 0 Å². The lowest BCUT2D eigenvalue weighted by atomic mass is 9.93. The van der Waals surface area contributed by atoms with Gasteiger partial charge in [-0.2, -0.15) is 0 Å². The Morgan fingerprint density at radius 1 is 1.35 bits per heavy atom. The predicted molar refractivity (Wildman–Crippen MR) is 80.9 cm³/mol. The van der Waals surface area contributed by atoms with E-state index < -0.39 is 0 Å². The van der Waals surface area contributed by atoms with Gasteiger partial charge < -0.3 is 10.6 Å². The molecule has 0 atom stereocenters. The first kappa shape index (κ1) is 15.2. The molecule has 2 heterocycles. The van der Waals surface area contributed by atoms with Crippen molar-refractivity contribution < 1.29 is 9.59 Å². The molecule has 1 amide bonds. The minimum Gasteiger partial charge on any atom is -0.370 e. The number of primary amides is 1. The molecule has 0 unspecified atom stereocenters. The summed E-state index contributed by atoms with van der Waals surface area (Å²) >= 11 is 1.52. The largest absolute Gasteiger partial charge is 0.370 e. The Kier molecular flexibility index (Phi) is 5.73. The van der Waals surface area contributed by atoms with Crippen molar-refractivity contribution in [3.63, 3.8) is 0 Å². The highest BCUT2D eigenvalue weighted by Crippen LogP contribution is 2.20. The highest BCUT2D eigenvalue weighted by atomic mass is 32.1. The number of likely N-dealkylation sites (tertiary alicyclic amines) is 1. The molecule has 0 saturated carbocycles. The van der Waals surface area contributed by atoms with Gasteiger partial charge in [0.2, 0.25) is 5.91 Å². The molecule has 1 aromatic heterocycles. The molecule has 1 fully saturated rings. The Hall–Kier alpha value is -1.20. The quantitative estimate of drug-likeness (QED) is 0.785. The average molecular weight is 294 g/mol. The molecule has 5 heteroatoms. The molecular weight excluding hydrogens is 272 g/mol. The van der Waals surface area contributed by atoms with E-state index in [1.807, 2.05) is 17.5 Å². The van der Waals surface area contributed by atoms with E-state index in [-0.39, 0.29) is 11.7 Å². The summed E-state index contributed by atoms with van der Waals surface area (Å²) in [5, 5.41) is 1.94. The predicted octanol–water partition coefficient (Wildman–Crippen LogP) is 2.30.